The minimum atomic E-state index is -2.85. The van der Waals surface area contributed by atoms with Gasteiger partial charge in [0.15, 0.2) is 15.8 Å². The van der Waals surface area contributed by atoms with E-state index < -0.39 is 15.4 Å². The first-order valence-electron chi connectivity index (χ1n) is 8.96. The van der Waals surface area contributed by atoms with Crippen LogP contribution in [0.2, 0.25) is 0 Å². The lowest BCUT2D eigenvalue weighted by Crippen LogP contribution is -2.46. The topological polar surface area (TPSA) is 107 Å². The second kappa shape index (κ2) is 8.88. The molecule has 1 aliphatic rings. The van der Waals surface area contributed by atoms with E-state index in [1.165, 1.54) is 0 Å². The molecule has 0 bridgehead atoms. The Labute approximate surface area is 155 Å². The minimum absolute atomic E-state index is 0.164. The molecular formula is C17H30N4O4S. The molecular weight excluding hydrogens is 356 g/mol. The summed E-state index contributed by atoms with van der Waals surface area (Å²) in [4.78, 5) is 6.57. The van der Waals surface area contributed by atoms with Crippen LogP contribution in [0.3, 0.4) is 0 Å². The molecule has 1 fully saturated rings. The number of aliphatic hydroxyl groups is 1. The molecule has 8 nitrogen and oxygen atoms in total. The molecule has 1 atom stereocenters. The van der Waals surface area contributed by atoms with E-state index in [0.717, 1.165) is 12.3 Å². The fourth-order valence-electron chi connectivity index (χ4n) is 2.68. The van der Waals surface area contributed by atoms with Crippen LogP contribution < -0.4 is 10.6 Å². The molecule has 1 unspecified atom stereocenters. The number of nitrogens with zero attached hydrogens (tertiary/aromatic N) is 2. The van der Waals surface area contributed by atoms with Crippen LogP contribution in [0.5, 0.6) is 0 Å². The number of guanidine groups is 1. The Balaban J connectivity index is 1.84. The molecule has 9 heteroatoms. The zero-order chi connectivity index (χ0) is 19.2. The number of hydrogen-bond acceptors (Lipinski definition) is 6. The van der Waals surface area contributed by atoms with Crippen LogP contribution in [0.15, 0.2) is 21.5 Å². The molecule has 2 rings (SSSR count). The molecule has 1 aromatic heterocycles. The summed E-state index contributed by atoms with van der Waals surface area (Å²) >= 11 is 0. The highest BCUT2D eigenvalue weighted by Gasteiger charge is 2.27. The van der Waals surface area contributed by atoms with Crippen LogP contribution in [-0.2, 0) is 15.4 Å². The Morgan fingerprint density at radius 1 is 1.35 bits per heavy atom. The van der Waals surface area contributed by atoms with Gasteiger partial charge in [-0.15, -0.1) is 0 Å². The van der Waals surface area contributed by atoms with Crippen molar-refractivity contribution in [2.24, 2.45) is 4.99 Å². The van der Waals surface area contributed by atoms with Crippen LogP contribution in [0.1, 0.15) is 25.4 Å². The van der Waals surface area contributed by atoms with Gasteiger partial charge in [-0.05, 0) is 32.9 Å². The number of sulfone groups is 1. The summed E-state index contributed by atoms with van der Waals surface area (Å²) in [6, 6.07) is 3.57. The number of hydrogen-bond donors (Lipinski definition) is 3. The zero-order valence-electron chi connectivity index (χ0n) is 15.8. The molecule has 0 aromatic carbocycles. The third-order valence-corrected chi connectivity index (χ3v) is 5.93. The minimum Gasteiger partial charge on any atom is -0.463 e. The third kappa shape index (κ3) is 6.30. The highest BCUT2D eigenvalue weighted by atomic mass is 32.2. The van der Waals surface area contributed by atoms with Gasteiger partial charge >= 0.3 is 0 Å². The molecule has 3 N–H and O–H groups in total. The molecule has 26 heavy (non-hydrogen) atoms. The molecule has 0 aliphatic carbocycles. The van der Waals surface area contributed by atoms with Crippen molar-refractivity contribution >= 4 is 15.8 Å². The van der Waals surface area contributed by atoms with E-state index in [1.54, 1.807) is 13.0 Å². The maximum absolute atomic E-state index is 11.5. The van der Waals surface area contributed by atoms with Gasteiger partial charge in [0.2, 0.25) is 0 Å². The van der Waals surface area contributed by atoms with Crippen molar-refractivity contribution < 1.29 is 17.9 Å². The number of aliphatic imine (C=N–C) groups is 1. The lowest BCUT2D eigenvalue weighted by Gasteiger charge is -2.26. The van der Waals surface area contributed by atoms with Crippen LogP contribution >= 0.6 is 0 Å². The van der Waals surface area contributed by atoms with Gasteiger partial charge in [0, 0.05) is 32.7 Å². The van der Waals surface area contributed by atoms with E-state index in [1.807, 2.05) is 19.9 Å². The Kier molecular flexibility index (Phi) is 7.08. The van der Waals surface area contributed by atoms with E-state index in [4.69, 9.17) is 4.42 Å². The Morgan fingerprint density at radius 2 is 2.04 bits per heavy atom. The van der Waals surface area contributed by atoms with E-state index in [9.17, 15) is 13.5 Å². The monoisotopic (exact) mass is 386 g/mol. The first-order chi connectivity index (χ1) is 12.2. The second-order valence-corrected chi connectivity index (χ2v) is 9.10. The van der Waals surface area contributed by atoms with Crippen molar-refractivity contribution in [3.63, 3.8) is 0 Å². The van der Waals surface area contributed by atoms with Gasteiger partial charge < -0.3 is 20.2 Å². The summed E-state index contributed by atoms with van der Waals surface area (Å²) in [7, 11) is -2.85. The molecule has 2 heterocycles. The summed E-state index contributed by atoms with van der Waals surface area (Å²) in [6.45, 7) is 8.89. The molecule has 1 aliphatic heterocycles. The smallest absolute Gasteiger partial charge is 0.191 e. The molecule has 0 radical (unpaired) electrons. The standard InChI is InChI=1S/C17H30N4O4S/c1-4-18-16(19-7-8-21-9-11-26(23,24)12-10-21)20-13-17(3,22)15-6-5-14(2)25-15/h5-6,22H,4,7-13H2,1-3H3,(H2,18,19,20). The molecule has 0 spiro atoms. The average molecular weight is 387 g/mol. The Bertz CT molecular complexity index is 698. The summed E-state index contributed by atoms with van der Waals surface area (Å²) < 4.78 is 28.4. The average Bonchev–Trinajstić information content (AvgIpc) is 3.01. The SMILES string of the molecule is CCNC(=NCC(C)(O)c1ccc(C)o1)NCCN1CCS(=O)(=O)CC1. The first kappa shape index (κ1) is 20.7. The van der Waals surface area contributed by atoms with E-state index >= 15 is 0 Å². The van der Waals surface area contributed by atoms with E-state index in [2.05, 4.69) is 20.5 Å². The number of nitrogens with one attached hydrogen (secondary N) is 2. The van der Waals surface area contributed by atoms with Gasteiger partial charge in [0.1, 0.15) is 17.1 Å². The van der Waals surface area contributed by atoms with Gasteiger partial charge in [-0.1, -0.05) is 0 Å². The largest absolute Gasteiger partial charge is 0.463 e. The number of furan rings is 1. The summed E-state index contributed by atoms with van der Waals surface area (Å²) in [5.74, 6) is 2.31. The van der Waals surface area contributed by atoms with Crippen molar-refractivity contribution in [2.45, 2.75) is 26.4 Å². The highest BCUT2D eigenvalue weighted by molar-refractivity contribution is 7.91. The normalized spacial score (nSPS) is 20.5. The zero-order valence-corrected chi connectivity index (χ0v) is 16.6. The number of aryl methyl sites for hydroxylation is 1. The Morgan fingerprint density at radius 3 is 2.62 bits per heavy atom. The van der Waals surface area contributed by atoms with E-state index in [0.29, 0.717) is 37.9 Å². The fraction of sp³-hybridized carbons (Fsp3) is 0.706. The predicted molar refractivity (Wildman–Crippen MR) is 102 cm³/mol. The van der Waals surface area contributed by atoms with Crippen LogP contribution in [0.4, 0.5) is 0 Å². The van der Waals surface area contributed by atoms with Crippen molar-refractivity contribution in [2.75, 3.05) is 50.8 Å². The predicted octanol–water partition coefficient (Wildman–Crippen LogP) is 0.0810. The van der Waals surface area contributed by atoms with Crippen molar-refractivity contribution in [1.82, 2.24) is 15.5 Å². The fourth-order valence-corrected chi connectivity index (χ4v) is 3.96. The maximum Gasteiger partial charge on any atom is 0.191 e. The van der Waals surface area contributed by atoms with E-state index in [-0.39, 0.29) is 18.1 Å². The van der Waals surface area contributed by atoms with Gasteiger partial charge in [-0.3, -0.25) is 4.90 Å². The summed E-state index contributed by atoms with van der Waals surface area (Å²) in [6.07, 6.45) is 0. The summed E-state index contributed by atoms with van der Waals surface area (Å²) in [5, 5.41) is 16.9. The van der Waals surface area contributed by atoms with Gasteiger partial charge in [-0.2, -0.15) is 0 Å². The molecule has 0 saturated carbocycles. The quantitative estimate of drug-likeness (QED) is 0.450. The lowest BCUT2D eigenvalue weighted by atomic mass is 10.0. The summed E-state index contributed by atoms with van der Waals surface area (Å²) in [5.41, 5.74) is -1.18. The van der Waals surface area contributed by atoms with Crippen LogP contribution in [-0.4, -0.2) is 75.2 Å². The third-order valence-electron chi connectivity index (χ3n) is 4.32. The molecule has 1 aromatic rings. The lowest BCUT2D eigenvalue weighted by molar-refractivity contribution is 0.0428. The first-order valence-corrected chi connectivity index (χ1v) is 10.8. The van der Waals surface area contributed by atoms with Crippen molar-refractivity contribution in [3.05, 3.63) is 23.7 Å². The van der Waals surface area contributed by atoms with Gasteiger partial charge in [0.25, 0.3) is 0 Å². The van der Waals surface area contributed by atoms with Gasteiger partial charge in [0.05, 0.1) is 18.1 Å². The maximum atomic E-state index is 11.5. The van der Waals surface area contributed by atoms with Crippen molar-refractivity contribution in [1.29, 1.82) is 0 Å². The molecule has 148 valence electrons. The molecule has 1 saturated heterocycles. The van der Waals surface area contributed by atoms with Crippen molar-refractivity contribution in [3.8, 4) is 0 Å². The van der Waals surface area contributed by atoms with Crippen LogP contribution in [0.25, 0.3) is 0 Å². The molecule has 0 amide bonds. The van der Waals surface area contributed by atoms with Gasteiger partial charge in [-0.25, -0.2) is 13.4 Å². The number of rotatable bonds is 7. The van der Waals surface area contributed by atoms with Crippen LogP contribution in [0, 0.1) is 6.92 Å². The second-order valence-electron chi connectivity index (χ2n) is 6.80. The highest BCUT2D eigenvalue weighted by Crippen LogP contribution is 2.22. The Hall–Kier alpha value is -1.58.